The predicted molar refractivity (Wildman–Crippen MR) is 81.4 cm³/mol. The predicted octanol–water partition coefficient (Wildman–Crippen LogP) is 2.20. The van der Waals surface area contributed by atoms with E-state index < -0.39 is 12.2 Å². The lowest BCUT2D eigenvalue weighted by Gasteiger charge is -2.22. The Morgan fingerprint density at radius 1 is 1.17 bits per heavy atom. The van der Waals surface area contributed by atoms with Gasteiger partial charge in [-0.05, 0) is 30.7 Å². The standard InChI is InChI=1S/C11H7FN2O.C5H10O3/c12-7-3-4-9-8(6-7)14-11-10(15-9)2-1-5-13-11;6-4-1-2-8-3-5(4)7/h1-6H,(H,13,14);4-7H,1-3H2. The molecule has 1 aromatic heterocycles. The Balaban J connectivity index is 0.000000166. The number of hydrogen-bond acceptors (Lipinski definition) is 6. The van der Waals surface area contributed by atoms with E-state index in [1.54, 1.807) is 18.3 Å². The maximum atomic E-state index is 13.0. The van der Waals surface area contributed by atoms with E-state index in [1.165, 1.54) is 12.1 Å². The number of nitrogens with zero attached hydrogens (tertiary/aromatic N) is 1. The molecule has 2 unspecified atom stereocenters. The van der Waals surface area contributed by atoms with Crippen molar-refractivity contribution in [1.29, 1.82) is 0 Å². The number of benzene rings is 1. The van der Waals surface area contributed by atoms with Gasteiger partial charge in [-0.2, -0.15) is 0 Å². The number of pyridine rings is 1. The first-order valence-electron chi connectivity index (χ1n) is 7.27. The summed E-state index contributed by atoms with van der Waals surface area (Å²) >= 11 is 0. The van der Waals surface area contributed by atoms with E-state index in [0.717, 1.165) is 0 Å². The molecule has 2 atom stereocenters. The first kappa shape index (κ1) is 15.7. The van der Waals surface area contributed by atoms with Gasteiger partial charge in [-0.15, -0.1) is 0 Å². The Kier molecular flexibility index (Phi) is 4.71. The number of ether oxygens (including phenoxy) is 2. The minimum atomic E-state index is -0.663. The molecular formula is C16H17FN2O4. The van der Waals surface area contributed by atoms with E-state index in [0.29, 0.717) is 36.0 Å². The Morgan fingerprint density at radius 3 is 2.78 bits per heavy atom. The molecule has 0 saturated carbocycles. The molecule has 7 heteroatoms. The Bertz CT molecular complexity index is 673. The number of aliphatic hydroxyl groups excluding tert-OH is 2. The maximum Gasteiger partial charge on any atom is 0.173 e. The maximum absolute atomic E-state index is 13.0. The van der Waals surface area contributed by atoms with Gasteiger partial charge in [0.15, 0.2) is 17.3 Å². The van der Waals surface area contributed by atoms with E-state index in [9.17, 15) is 4.39 Å². The minimum Gasteiger partial charge on any atom is -0.451 e. The molecular weight excluding hydrogens is 303 g/mol. The van der Waals surface area contributed by atoms with Gasteiger partial charge in [0.1, 0.15) is 11.9 Å². The van der Waals surface area contributed by atoms with Gasteiger partial charge in [0.25, 0.3) is 0 Å². The molecule has 0 bridgehead atoms. The van der Waals surface area contributed by atoms with Crippen molar-refractivity contribution in [3.8, 4) is 11.5 Å². The third-order valence-corrected chi connectivity index (χ3v) is 3.48. The molecule has 1 fully saturated rings. The highest BCUT2D eigenvalue weighted by Crippen LogP contribution is 2.40. The molecule has 6 nitrogen and oxygen atoms in total. The van der Waals surface area contributed by atoms with Gasteiger partial charge in [-0.25, -0.2) is 9.37 Å². The Hall–Kier alpha value is -2.22. The van der Waals surface area contributed by atoms with Crippen LogP contribution in [0.1, 0.15) is 6.42 Å². The lowest BCUT2D eigenvalue weighted by molar-refractivity contribution is -0.0852. The van der Waals surface area contributed by atoms with Gasteiger partial charge in [-0.3, -0.25) is 0 Å². The summed E-state index contributed by atoms with van der Waals surface area (Å²) < 4.78 is 23.3. The highest BCUT2D eigenvalue weighted by molar-refractivity contribution is 5.72. The molecule has 0 aliphatic carbocycles. The molecule has 1 saturated heterocycles. The van der Waals surface area contributed by atoms with E-state index in [-0.39, 0.29) is 12.4 Å². The zero-order chi connectivity index (χ0) is 16.2. The summed E-state index contributed by atoms with van der Waals surface area (Å²) in [5, 5.41) is 20.7. The van der Waals surface area contributed by atoms with E-state index >= 15 is 0 Å². The third kappa shape index (κ3) is 3.76. The van der Waals surface area contributed by atoms with Crippen LogP contribution in [0.3, 0.4) is 0 Å². The number of aliphatic hydroxyl groups is 2. The first-order chi connectivity index (χ1) is 11.1. The summed E-state index contributed by atoms with van der Waals surface area (Å²) in [5.41, 5.74) is 0.598. The second-order valence-electron chi connectivity index (χ2n) is 5.22. The third-order valence-electron chi connectivity index (χ3n) is 3.48. The number of anilines is 2. The Labute approximate surface area is 132 Å². The van der Waals surface area contributed by atoms with Crippen LogP contribution < -0.4 is 10.1 Å². The lowest BCUT2D eigenvalue weighted by atomic mass is 10.1. The summed E-state index contributed by atoms with van der Waals surface area (Å²) in [4.78, 5) is 4.09. The van der Waals surface area contributed by atoms with Crippen LogP contribution in [-0.4, -0.2) is 40.6 Å². The number of rotatable bonds is 0. The summed E-state index contributed by atoms with van der Waals surface area (Å²) in [6, 6.07) is 7.93. The largest absolute Gasteiger partial charge is 0.451 e. The molecule has 2 aliphatic heterocycles. The van der Waals surface area contributed by atoms with Crippen molar-refractivity contribution >= 4 is 11.5 Å². The summed E-state index contributed by atoms with van der Waals surface area (Å²) in [7, 11) is 0. The molecule has 23 heavy (non-hydrogen) atoms. The van der Waals surface area contributed by atoms with Crippen LogP contribution >= 0.6 is 0 Å². The first-order valence-corrected chi connectivity index (χ1v) is 7.27. The fourth-order valence-electron chi connectivity index (χ4n) is 2.21. The highest BCUT2D eigenvalue weighted by atomic mass is 19.1. The van der Waals surface area contributed by atoms with Crippen molar-refractivity contribution in [3.05, 3.63) is 42.3 Å². The molecule has 1 aromatic carbocycles. The number of halogens is 1. The average molecular weight is 320 g/mol. The Morgan fingerprint density at radius 2 is 2.04 bits per heavy atom. The summed E-state index contributed by atoms with van der Waals surface area (Å²) in [6.07, 6.45) is 0.980. The van der Waals surface area contributed by atoms with Crippen LogP contribution in [0.25, 0.3) is 0 Å². The SMILES string of the molecule is Fc1ccc2c(c1)Nc1ncccc1O2.OC1CCOCC1O. The molecule has 3 heterocycles. The van der Waals surface area contributed by atoms with Gasteiger partial charge in [0, 0.05) is 18.9 Å². The molecule has 0 radical (unpaired) electrons. The van der Waals surface area contributed by atoms with Crippen LogP contribution in [0.5, 0.6) is 11.5 Å². The van der Waals surface area contributed by atoms with Crippen LogP contribution in [0.2, 0.25) is 0 Å². The second kappa shape index (κ2) is 6.91. The minimum absolute atomic E-state index is 0.279. The second-order valence-corrected chi connectivity index (χ2v) is 5.22. The quantitative estimate of drug-likeness (QED) is 0.589. The van der Waals surface area contributed by atoms with Crippen molar-refractivity contribution in [2.75, 3.05) is 18.5 Å². The van der Waals surface area contributed by atoms with Crippen LogP contribution in [0.4, 0.5) is 15.9 Å². The van der Waals surface area contributed by atoms with E-state index in [2.05, 4.69) is 10.3 Å². The van der Waals surface area contributed by atoms with Gasteiger partial charge in [-0.1, -0.05) is 0 Å². The van der Waals surface area contributed by atoms with Crippen molar-refractivity contribution in [2.45, 2.75) is 18.6 Å². The topological polar surface area (TPSA) is 83.8 Å². The fourth-order valence-corrected chi connectivity index (χ4v) is 2.21. The molecule has 0 amide bonds. The zero-order valence-electron chi connectivity index (χ0n) is 12.3. The van der Waals surface area contributed by atoms with Crippen molar-refractivity contribution in [1.82, 2.24) is 4.98 Å². The number of hydrogen-bond donors (Lipinski definition) is 3. The number of nitrogens with one attached hydrogen (secondary N) is 1. The van der Waals surface area contributed by atoms with Crippen molar-refractivity contribution in [2.24, 2.45) is 0 Å². The zero-order valence-corrected chi connectivity index (χ0v) is 12.3. The molecule has 4 rings (SSSR count). The van der Waals surface area contributed by atoms with Gasteiger partial charge < -0.3 is 25.0 Å². The summed E-state index contributed by atoms with van der Waals surface area (Å²) in [5.74, 6) is 1.56. The van der Waals surface area contributed by atoms with Crippen LogP contribution in [-0.2, 0) is 4.74 Å². The molecule has 122 valence electrons. The molecule has 0 spiro atoms. The van der Waals surface area contributed by atoms with Crippen molar-refractivity contribution in [3.63, 3.8) is 0 Å². The lowest BCUT2D eigenvalue weighted by Crippen LogP contribution is -2.36. The smallest absolute Gasteiger partial charge is 0.173 e. The van der Waals surface area contributed by atoms with E-state index in [4.69, 9.17) is 19.7 Å². The highest BCUT2D eigenvalue weighted by Gasteiger charge is 2.20. The summed E-state index contributed by atoms with van der Waals surface area (Å²) in [6.45, 7) is 0.847. The monoisotopic (exact) mass is 320 g/mol. The van der Waals surface area contributed by atoms with E-state index in [1.807, 2.05) is 6.07 Å². The van der Waals surface area contributed by atoms with Crippen molar-refractivity contribution < 1.29 is 24.1 Å². The van der Waals surface area contributed by atoms with Crippen LogP contribution in [0.15, 0.2) is 36.5 Å². The number of aromatic nitrogens is 1. The van der Waals surface area contributed by atoms with Gasteiger partial charge in [0.05, 0.1) is 18.4 Å². The average Bonchev–Trinajstić information content (AvgIpc) is 2.56. The molecule has 3 N–H and O–H groups in total. The fraction of sp³-hybridized carbons (Fsp3) is 0.312. The van der Waals surface area contributed by atoms with Gasteiger partial charge >= 0.3 is 0 Å². The normalized spacial score (nSPS) is 21.7. The van der Waals surface area contributed by atoms with Crippen LogP contribution in [0, 0.1) is 5.82 Å². The number of fused-ring (bicyclic) bond motifs is 2. The molecule has 2 aliphatic rings. The molecule has 2 aromatic rings. The van der Waals surface area contributed by atoms with Gasteiger partial charge in [0.2, 0.25) is 0 Å².